The summed E-state index contributed by atoms with van der Waals surface area (Å²) in [5, 5.41) is 5.31. The molecule has 1 aliphatic heterocycles. The quantitative estimate of drug-likeness (QED) is 0.383. The lowest BCUT2D eigenvalue weighted by molar-refractivity contribution is -0.142. The summed E-state index contributed by atoms with van der Waals surface area (Å²) in [7, 11) is 1.07. The van der Waals surface area contributed by atoms with Gasteiger partial charge in [0, 0.05) is 39.0 Å². The Morgan fingerprint density at radius 3 is 2.50 bits per heavy atom. The molecule has 150 valence electrons. The first-order chi connectivity index (χ1) is 12.0. The molecule has 1 unspecified atom stereocenters. The summed E-state index contributed by atoms with van der Waals surface area (Å²) < 4.78 is 15.5. The zero-order valence-electron chi connectivity index (χ0n) is 15.9. The first-order valence-corrected chi connectivity index (χ1v) is 9.83. The number of esters is 1. The molecular weight excluding hydrogens is 365 g/mol. The number of nitrogens with one attached hydrogen (secondary N) is 2. The Morgan fingerprint density at radius 2 is 1.92 bits per heavy atom. The summed E-state index contributed by atoms with van der Waals surface area (Å²) in [6.07, 6.45) is -0.776. The fourth-order valence-electron chi connectivity index (χ4n) is 2.14. The lowest BCUT2D eigenvalue weighted by atomic mass is 9.87. The predicted octanol–water partition coefficient (Wildman–Crippen LogP) is -0.155. The van der Waals surface area contributed by atoms with E-state index in [4.69, 9.17) is 9.05 Å². The van der Waals surface area contributed by atoms with Crippen molar-refractivity contribution in [2.24, 2.45) is 5.41 Å². The monoisotopic (exact) mass is 394 g/mol. The molecule has 0 aliphatic carbocycles. The molecule has 0 spiro atoms. The van der Waals surface area contributed by atoms with E-state index in [1.54, 1.807) is 27.9 Å². The highest BCUT2D eigenvalue weighted by Gasteiger charge is 2.57. The van der Waals surface area contributed by atoms with Crippen LogP contribution in [0, 0.1) is 5.41 Å². The minimum absolute atomic E-state index is 0.0379. The Balaban J connectivity index is 2.61. The van der Waals surface area contributed by atoms with Crippen molar-refractivity contribution in [3.8, 4) is 0 Å². The number of hydrogen-bond acceptors (Lipinski definition) is 8. The van der Waals surface area contributed by atoms with Crippen LogP contribution < -0.4 is 10.4 Å². The molecule has 2 amide bonds. The maximum atomic E-state index is 12.4. The van der Waals surface area contributed by atoms with Crippen LogP contribution in [-0.2, 0) is 28.2 Å². The van der Waals surface area contributed by atoms with Crippen molar-refractivity contribution in [2.45, 2.75) is 32.8 Å². The second kappa shape index (κ2) is 9.57. The van der Waals surface area contributed by atoms with Crippen LogP contribution >= 0.6 is 8.09 Å². The predicted molar refractivity (Wildman–Crippen MR) is 94.7 cm³/mol. The van der Waals surface area contributed by atoms with Gasteiger partial charge in [0.05, 0.1) is 13.5 Å². The van der Waals surface area contributed by atoms with E-state index < -0.39 is 31.5 Å². The molecule has 0 radical (unpaired) electrons. The second-order valence-electron chi connectivity index (χ2n) is 6.83. The van der Waals surface area contributed by atoms with Crippen molar-refractivity contribution in [3.05, 3.63) is 0 Å². The fraction of sp³-hybridized carbons (Fsp3) is 0.800. The number of nitrogens with zero attached hydrogens (tertiary/aromatic N) is 1. The molecule has 0 aromatic rings. The van der Waals surface area contributed by atoms with Gasteiger partial charge in [-0.1, -0.05) is 13.8 Å². The fourth-order valence-corrected chi connectivity index (χ4v) is 3.94. The van der Waals surface area contributed by atoms with Crippen LogP contribution in [0.15, 0.2) is 0 Å². The first-order valence-electron chi connectivity index (χ1n) is 8.25. The molecule has 26 heavy (non-hydrogen) atoms. The zero-order valence-corrected chi connectivity index (χ0v) is 16.8. The van der Waals surface area contributed by atoms with Gasteiger partial charge < -0.3 is 15.0 Å². The molecule has 1 aliphatic rings. The molecule has 10 nitrogen and oxygen atoms in total. The molecule has 1 saturated heterocycles. The summed E-state index contributed by atoms with van der Waals surface area (Å²) in [5.74, 6) is -1.00. The van der Waals surface area contributed by atoms with E-state index in [-0.39, 0.29) is 38.4 Å². The Labute approximate surface area is 154 Å². The van der Waals surface area contributed by atoms with Crippen molar-refractivity contribution in [1.29, 1.82) is 0 Å². The molecule has 0 bridgehead atoms. The van der Waals surface area contributed by atoms with E-state index in [1.807, 2.05) is 0 Å². The molecule has 0 aromatic heterocycles. The van der Waals surface area contributed by atoms with Gasteiger partial charge in [0.1, 0.15) is 6.61 Å². The molecule has 1 fully saturated rings. The highest BCUT2D eigenvalue weighted by molar-refractivity contribution is 7.58. The van der Waals surface area contributed by atoms with E-state index in [1.165, 1.54) is 12.0 Å². The van der Waals surface area contributed by atoms with Crippen molar-refractivity contribution >= 4 is 25.9 Å². The third kappa shape index (κ3) is 6.77. The maximum absolute atomic E-state index is 12.4. The van der Waals surface area contributed by atoms with Gasteiger partial charge in [-0.3, -0.25) is 14.4 Å². The highest BCUT2D eigenvalue weighted by atomic mass is 31.2. The summed E-state index contributed by atoms with van der Waals surface area (Å²) in [6, 6.07) is 0. The molecular formula is C15H29N3O7P+. The number of carbonyl (C=O) groups is 3. The van der Waals surface area contributed by atoms with Crippen LogP contribution in [0.5, 0.6) is 0 Å². The molecule has 1 rings (SSSR count). The Morgan fingerprint density at radius 1 is 1.27 bits per heavy atom. The van der Waals surface area contributed by atoms with Gasteiger partial charge in [-0.25, -0.2) is 0 Å². The number of amides is 2. The van der Waals surface area contributed by atoms with Gasteiger partial charge >= 0.3 is 14.1 Å². The third-order valence-electron chi connectivity index (χ3n) is 3.81. The normalized spacial score (nSPS) is 24.6. The first kappa shape index (κ1) is 22.7. The lowest BCUT2D eigenvalue weighted by Gasteiger charge is -2.37. The molecule has 3 N–H and O–H groups in total. The number of rotatable bonds is 8. The van der Waals surface area contributed by atoms with Crippen LogP contribution in [0.25, 0.3) is 0 Å². The molecule has 0 aromatic carbocycles. The van der Waals surface area contributed by atoms with Crippen LogP contribution in [0.2, 0.25) is 0 Å². The average molecular weight is 394 g/mol. The number of ether oxygens (including phenoxy) is 1. The van der Waals surface area contributed by atoms with Gasteiger partial charge in [0.15, 0.2) is 6.10 Å². The molecule has 0 saturated carbocycles. The topological polar surface area (TPSA) is 126 Å². The number of methoxy groups -OCH3 is 1. The SMILES string of the molecule is COC(=O)CCNC(=O)[C@@H]1O[P+](O)(NCCC(=O)N(C)C)OCC1(C)C. The van der Waals surface area contributed by atoms with Crippen molar-refractivity contribution < 1.29 is 33.1 Å². The van der Waals surface area contributed by atoms with Crippen molar-refractivity contribution in [1.82, 2.24) is 15.3 Å². The lowest BCUT2D eigenvalue weighted by Crippen LogP contribution is -2.52. The van der Waals surface area contributed by atoms with Gasteiger partial charge in [0.25, 0.3) is 5.91 Å². The van der Waals surface area contributed by atoms with E-state index in [0.717, 1.165) is 0 Å². The van der Waals surface area contributed by atoms with Crippen molar-refractivity contribution in [3.63, 3.8) is 0 Å². The molecule has 2 atom stereocenters. The van der Waals surface area contributed by atoms with Crippen LogP contribution in [0.3, 0.4) is 0 Å². The van der Waals surface area contributed by atoms with E-state index in [2.05, 4.69) is 15.1 Å². The van der Waals surface area contributed by atoms with Crippen LogP contribution in [0.1, 0.15) is 26.7 Å². The smallest absolute Gasteiger partial charge is 0.469 e. The number of hydrogen-bond donors (Lipinski definition) is 3. The van der Waals surface area contributed by atoms with Crippen LogP contribution in [-0.4, -0.2) is 74.6 Å². The minimum Gasteiger partial charge on any atom is -0.469 e. The third-order valence-corrected chi connectivity index (χ3v) is 5.41. The summed E-state index contributed by atoms with van der Waals surface area (Å²) in [4.78, 5) is 47.1. The largest absolute Gasteiger partial charge is 0.499 e. The molecule has 11 heteroatoms. The summed E-state index contributed by atoms with van der Waals surface area (Å²) in [5.41, 5.74) is -0.678. The maximum Gasteiger partial charge on any atom is 0.499 e. The zero-order chi connectivity index (χ0) is 20.0. The standard InChI is InChI=1S/C15H28N3O7P/c1-15(2)10-24-26(22,17-9-6-11(19)18(3)4)25-13(15)14(21)16-8-7-12(20)23-5/h13,17,22H,6-10H2,1-5H3/p+1/t13-,26?/m0/s1. The van der Waals surface area contributed by atoms with E-state index in [9.17, 15) is 19.3 Å². The molecule has 1 heterocycles. The Bertz CT molecular complexity index is 529. The van der Waals surface area contributed by atoms with E-state index >= 15 is 0 Å². The highest BCUT2D eigenvalue weighted by Crippen LogP contribution is 2.59. The summed E-state index contributed by atoms with van der Waals surface area (Å²) >= 11 is 0. The van der Waals surface area contributed by atoms with Gasteiger partial charge in [-0.2, -0.15) is 9.42 Å². The summed E-state index contributed by atoms with van der Waals surface area (Å²) in [6.45, 7) is 3.90. The Hall–Kier alpha value is -1.32. The second-order valence-corrected chi connectivity index (χ2v) is 8.66. The van der Waals surface area contributed by atoms with Gasteiger partial charge in [-0.05, 0) is 0 Å². The Kier molecular flexibility index (Phi) is 8.36. The van der Waals surface area contributed by atoms with E-state index in [0.29, 0.717) is 0 Å². The average Bonchev–Trinajstić information content (AvgIpc) is 2.56. The number of carbonyl (C=O) groups excluding carboxylic acids is 3. The minimum atomic E-state index is -3.47. The van der Waals surface area contributed by atoms with Gasteiger partial charge in [0.2, 0.25) is 5.91 Å². The van der Waals surface area contributed by atoms with Crippen molar-refractivity contribution in [2.75, 3.05) is 40.9 Å². The van der Waals surface area contributed by atoms with Gasteiger partial charge in [-0.15, -0.1) is 9.61 Å². The van der Waals surface area contributed by atoms with Crippen LogP contribution in [0.4, 0.5) is 0 Å².